The molecule has 3 aromatic rings. The fourth-order valence-electron chi connectivity index (χ4n) is 3.49. The summed E-state index contributed by atoms with van der Waals surface area (Å²) in [5, 5.41) is 4.61. The molecule has 0 saturated carbocycles. The molecule has 158 valence electrons. The predicted octanol–water partition coefficient (Wildman–Crippen LogP) is 6.50. The SMILES string of the molecule is C/C=C(/CCNCc1ccc2cc(CC)c(=O)[nH]c2c1)c1ccccc1C.CC.[HH].[HH]. The number of aromatic amines is 1. The van der Waals surface area contributed by atoms with E-state index < -0.39 is 0 Å². The molecule has 0 unspecified atom stereocenters. The van der Waals surface area contributed by atoms with E-state index >= 15 is 0 Å². The van der Waals surface area contributed by atoms with Crippen molar-refractivity contribution in [3.8, 4) is 0 Å². The van der Waals surface area contributed by atoms with Crippen LogP contribution in [-0.2, 0) is 13.0 Å². The molecule has 0 radical (unpaired) electrons. The molecular formula is C26H38N2O. The van der Waals surface area contributed by atoms with Crippen molar-refractivity contribution in [2.45, 2.75) is 54.0 Å². The maximum Gasteiger partial charge on any atom is 0.251 e. The first-order valence-corrected chi connectivity index (χ1v) is 10.7. The van der Waals surface area contributed by atoms with Gasteiger partial charge in [0.15, 0.2) is 0 Å². The third-order valence-corrected chi connectivity index (χ3v) is 5.11. The Morgan fingerprint density at radius 3 is 2.59 bits per heavy atom. The second-order valence-electron chi connectivity index (χ2n) is 6.95. The number of aromatic nitrogens is 1. The van der Waals surface area contributed by atoms with Crippen molar-refractivity contribution in [3.63, 3.8) is 0 Å². The molecular weight excluding hydrogens is 356 g/mol. The van der Waals surface area contributed by atoms with Gasteiger partial charge in [0, 0.05) is 20.5 Å². The maximum atomic E-state index is 12.0. The van der Waals surface area contributed by atoms with Gasteiger partial charge in [0.2, 0.25) is 0 Å². The Balaban J connectivity index is 0.00000219. The molecule has 0 saturated heterocycles. The number of pyridine rings is 1. The largest absolute Gasteiger partial charge is 0.322 e. The summed E-state index contributed by atoms with van der Waals surface area (Å²) in [6.45, 7) is 12.0. The van der Waals surface area contributed by atoms with Crippen LogP contribution in [0.5, 0.6) is 0 Å². The van der Waals surface area contributed by atoms with Gasteiger partial charge in [-0.2, -0.15) is 0 Å². The van der Waals surface area contributed by atoms with Crippen LogP contribution >= 0.6 is 0 Å². The summed E-state index contributed by atoms with van der Waals surface area (Å²) in [4.78, 5) is 15.0. The molecule has 0 spiro atoms. The molecule has 0 atom stereocenters. The van der Waals surface area contributed by atoms with E-state index in [9.17, 15) is 4.79 Å². The summed E-state index contributed by atoms with van der Waals surface area (Å²) in [6.07, 6.45) is 3.95. The van der Waals surface area contributed by atoms with Crippen LogP contribution in [0, 0.1) is 6.92 Å². The highest BCUT2D eigenvalue weighted by molar-refractivity contribution is 5.79. The molecule has 2 aromatic carbocycles. The predicted molar refractivity (Wildman–Crippen MR) is 131 cm³/mol. The van der Waals surface area contributed by atoms with Crippen molar-refractivity contribution in [3.05, 3.63) is 87.2 Å². The third-order valence-electron chi connectivity index (χ3n) is 5.11. The first-order valence-electron chi connectivity index (χ1n) is 10.7. The number of hydrogen-bond acceptors (Lipinski definition) is 2. The van der Waals surface area contributed by atoms with Gasteiger partial charge in [0.25, 0.3) is 5.56 Å². The highest BCUT2D eigenvalue weighted by Crippen LogP contribution is 2.21. The maximum absolute atomic E-state index is 12.0. The smallest absolute Gasteiger partial charge is 0.251 e. The van der Waals surface area contributed by atoms with Gasteiger partial charge in [-0.3, -0.25) is 4.79 Å². The molecule has 0 amide bonds. The molecule has 2 N–H and O–H groups in total. The third kappa shape index (κ3) is 5.91. The van der Waals surface area contributed by atoms with Crippen LogP contribution in [0.2, 0.25) is 0 Å². The standard InChI is InChI=1S/C24H28N2O.C2H6.2H2/c1-4-19(22-9-7-6-8-17(22)3)12-13-25-16-18-10-11-21-15-20(5-2)24(27)26-23(21)14-18;1-2;;/h4,6-11,14-15,25H,5,12-13,16H2,1-3H3,(H,26,27);1-2H3;2*1H/b19-4-;;;. The van der Waals surface area contributed by atoms with Gasteiger partial charge >= 0.3 is 0 Å². The Morgan fingerprint density at radius 1 is 1.14 bits per heavy atom. The van der Waals surface area contributed by atoms with Gasteiger partial charge < -0.3 is 10.3 Å². The van der Waals surface area contributed by atoms with Gasteiger partial charge in [-0.05, 0) is 73.0 Å². The normalized spacial score (nSPS) is 11.3. The summed E-state index contributed by atoms with van der Waals surface area (Å²) in [6, 6.07) is 16.8. The molecule has 0 fully saturated rings. The van der Waals surface area contributed by atoms with Gasteiger partial charge in [-0.15, -0.1) is 0 Å². The Hall–Kier alpha value is -2.65. The zero-order chi connectivity index (χ0) is 21.2. The first kappa shape index (κ1) is 22.6. The highest BCUT2D eigenvalue weighted by Gasteiger charge is 2.05. The molecule has 3 rings (SSSR count). The van der Waals surface area contributed by atoms with E-state index in [0.29, 0.717) is 0 Å². The molecule has 0 bridgehead atoms. The molecule has 29 heavy (non-hydrogen) atoms. The van der Waals surface area contributed by atoms with Crippen molar-refractivity contribution in [2.24, 2.45) is 0 Å². The average molecular weight is 395 g/mol. The number of benzene rings is 2. The number of rotatable bonds is 7. The molecule has 3 heteroatoms. The van der Waals surface area contributed by atoms with E-state index in [1.807, 2.05) is 26.8 Å². The zero-order valence-corrected chi connectivity index (χ0v) is 18.4. The number of hydrogen-bond donors (Lipinski definition) is 2. The minimum atomic E-state index is 0. The van der Waals surface area contributed by atoms with Gasteiger partial charge in [0.05, 0.1) is 0 Å². The number of H-pyrrole nitrogens is 1. The minimum Gasteiger partial charge on any atom is -0.322 e. The summed E-state index contributed by atoms with van der Waals surface area (Å²) in [5.41, 5.74) is 6.96. The van der Waals surface area contributed by atoms with Crippen molar-refractivity contribution in [1.82, 2.24) is 10.3 Å². The number of nitrogens with one attached hydrogen (secondary N) is 2. The molecule has 0 aliphatic heterocycles. The summed E-state index contributed by atoms with van der Waals surface area (Å²) in [7, 11) is 0. The molecule has 1 aromatic heterocycles. The lowest BCUT2D eigenvalue weighted by Gasteiger charge is -2.12. The van der Waals surface area contributed by atoms with Crippen LogP contribution in [-0.4, -0.2) is 11.5 Å². The Kier molecular flexibility index (Phi) is 8.88. The summed E-state index contributed by atoms with van der Waals surface area (Å²) in [5.74, 6) is 0. The summed E-state index contributed by atoms with van der Waals surface area (Å²) < 4.78 is 0. The average Bonchev–Trinajstić information content (AvgIpc) is 2.75. The molecule has 0 aliphatic carbocycles. The Morgan fingerprint density at radius 2 is 1.90 bits per heavy atom. The fourth-order valence-corrected chi connectivity index (χ4v) is 3.49. The highest BCUT2D eigenvalue weighted by atomic mass is 16.1. The van der Waals surface area contributed by atoms with Crippen LogP contribution in [0.1, 0.15) is 59.2 Å². The Labute approximate surface area is 177 Å². The van der Waals surface area contributed by atoms with Crippen LogP contribution in [0.15, 0.2) is 59.4 Å². The lowest BCUT2D eigenvalue weighted by Crippen LogP contribution is -2.16. The quantitative estimate of drug-likeness (QED) is 0.449. The van der Waals surface area contributed by atoms with Crippen LogP contribution in [0.3, 0.4) is 0 Å². The summed E-state index contributed by atoms with van der Waals surface area (Å²) >= 11 is 0. The van der Waals surface area contributed by atoms with E-state index in [2.05, 4.69) is 72.7 Å². The number of allylic oxidation sites excluding steroid dienone is 1. The second kappa shape index (κ2) is 11.4. The minimum absolute atomic E-state index is 0. The van der Waals surface area contributed by atoms with Gasteiger partial charge in [-0.1, -0.05) is 63.2 Å². The number of fused-ring (bicyclic) bond motifs is 1. The van der Waals surface area contributed by atoms with Crippen LogP contribution in [0.25, 0.3) is 16.5 Å². The number of aryl methyl sites for hydroxylation is 2. The lowest BCUT2D eigenvalue weighted by molar-refractivity contribution is 0.700. The van der Waals surface area contributed by atoms with E-state index in [0.717, 1.165) is 42.4 Å². The van der Waals surface area contributed by atoms with Crippen molar-refractivity contribution >= 4 is 16.5 Å². The molecule has 3 nitrogen and oxygen atoms in total. The van der Waals surface area contributed by atoms with Gasteiger partial charge in [0.1, 0.15) is 0 Å². The van der Waals surface area contributed by atoms with Crippen molar-refractivity contribution in [2.75, 3.05) is 6.54 Å². The first-order chi connectivity index (χ1) is 14.1. The zero-order valence-electron chi connectivity index (χ0n) is 18.4. The monoisotopic (exact) mass is 394 g/mol. The van der Waals surface area contributed by atoms with Crippen molar-refractivity contribution in [1.29, 1.82) is 0 Å². The molecule has 1 heterocycles. The van der Waals surface area contributed by atoms with E-state index in [1.165, 1.54) is 22.3 Å². The van der Waals surface area contributed by atoms with Gasteiger partial charge in [-0.25, -0.2) is 0 Å². The lowest BCUT2D eigenvalue weighted by atomic mass is 9.98. The topological polar surface area (TPSA) is 44.9 Å². The van der Waals surface area contributed by atoms with E-state index in [1.54, 1.807) is 0 Å². The second-order valence-corrected chi connectivity index (χ2v) is 6.95. The van der Waals surface area contributed by atoms with Crippen molar-refractivity contribution < 1.29 is 2.85 Å². The van der Waals surface area contributed by atoms with E-state index in [4.69, 9.17) is 0 Å². The Bertz CT molecular complexity index is 1030. The fraction of sp³-hybridized carbons (Fsp3) is 0.346. The van der Waals surface area contributed by atoms with Crippen LogP contribution in [0.4, 0.5) is 0 Å². The van der Waals surface area contributed by atoms with E-state index in [-0.39, 0.29) is 8.41 Å². The molecule has 0 aliphatic rings. The van der Waals surface area contributed by atoms with Crippen LogP contribution < -0.4 is 10.9 Å².